The molecule has 1 heterocycles. The van der Waals surface area contributed by atoms with Gasteiger partial charge in [-0.1, -0.05) is 47.2 Å². The van der Waals surface area contributed by atoms with Crippen molar-refractivity contribution in [3.63, 3.8) is 0 Å². The molecule has 0 saturated carbocycles. The average Bonchev–Trinajstić information content (AvgIpc) is 2.40. The van der Waals surface area contributed by atoms with E-state index in [4.69, 9.17) is 7.12 Å². The van der Waals surface area contributed by atoms with Gasteiger partial charge < -0.3 is 0 Å². The average molecular weight is 435 g/mol. The molecule has 8 heteroatoms. The van der Waals surface area contributed by atoms with Crippen LogP contribution in [-0.4, -0.2) is 19.5 Å². The van der Waals surface area contributed by atoms with Gasteiger partial charge in [-0.3, -0.25) is 8.77 Å². The molecule has 1 aromatic heterocycles. The van der Waals surface area contributed by atoms with Gasteiger partial charge >= 0.3 is 0 Å². The van der Waals surface area contributed by atoms with Crippen molar-refractivity contribution in [2.24, 2.45) is 0 Å². The molecule has 1 aromatic carbocycles. The second-order valence-corrected chi connectivity index (χ2v) is 6.04. The molecule has 0 N–H and O–H groups in total. The van der Waals surface area contributed by atoms with Crippen molar-refractivity contribution in [3.8, 4) is 0 Å². The molecule has 0 saturated heterocycles. The van der Waals surface area contributed by atoms with E-state index in [1.165, 1.54) is 0 Å². The first-order valence-electron chi connectivity index (χ1n) is 4.33. The summed E-state index contributed by atoms with van der Waals surface area (Å²) in [4.78, 5) is 11.7. The van der Waals surface area contributed by atoms with Crippen LogP contribution in [0.15, 0.2) is 23.0 Å². The van der Waals surface area contributed by atoms with Crippen LogP contribution in [0.4, 0.5) is 0 Å². The van der Waals surface area contributed by atoms with Crippen LogP contribution in [0.5, 0.6) is 0 Å². The van der Waals surface area contributed by atoms with Crippen molar-refractivity contribution in [3.05, 3.63) is 37.7 Å². The van der Waals surface area contributed by atoms with E-state index in [2.05, 4.69) is 22.6 Å². The smallest absolute Gasteiger partial charge is 0.284 e. The molecule has 0 unspecified atom stereocenters. The minimum absolute atomic E-state index is 0. The summed E-state index contributed by atoms with van der Waals surface area (Å²) in [5.74, 6) is 0. The Morgan fingerprint density at radius 2 is 2.00 bits per heavy atom. The van der Waals surface area contributed by atoms with Gasteiger partial charge in [-0.05, 0) is 9.09 Å². The third kappa shape index (κ3) is 2.72. The Hall–Kier alpha value is 0.409. The van der Waals surface area contributed by atoms with Gasteiger partial charge in [-0.15, -0.1) is 6.07 Å². The number of hydrogen-bond donors (Lipinski definition) is 0. The van der Waals surface area contributed by atoms with Gasteiger partial charge in [-0.25, -0.2) is 8.42 Å². The number of aromatic nitrogens is 1. The number of hydrogen-bond acceptors (Lipinski definition) is 3. The Labute approximate surface area is 139 Å². The third-order valence-corrected chi connectivity index (χ3v) is 3.88. The molecule has 0 atom stereocenters. The molecule has 0 spiro atoms. The Morgan fingerprint density at radius 3 is 2.53 bits per heavy atom. The Kier molecular flexibility index (Phi) is 4.72. The predicted octanol–water partition coefficient (Wildman–Crippen LogP) is 0.892. The Bertz CT molecular complexity index is 735. The van der Waals surface area contributed by atoms with Crippen LogP contribution in [0.2, 0.25) is 0 Å². The van der Waals surface area contributed by atoms with Crippen LogP contribution in [0.3, 0.4) is 0 Å². The SMILES string of the molecule is [B]S(=O)(=O)n1c(=O)[c-](C)c2cc(I)ccc21.[Y]. The summed E-state index contributed by atoms with van der Waals surface area (Å²) in [7, 11) is 0.958. The van der Waals surface area contributed by atoms with Crippen LogP contribution < -0.4 is 5.56 Å². The van der Waals surface area contributed by atoms with E-state index in [0.29, 0.717) is 20.4 Å². The Balaban J connectivity index is 0.00000144. The number of rotatable bonds is 1. The molecule has 0 amide bonds. The summed E-state index contributed by atoms with van der Waals surface area (Å²) < 4.78 is 24.2. The van der Waals surface area contributed by atoms with E-state index in [0.717, 1.165) is 3.57 Å². The van der Waals surface area contributed by atoms with E-state index in [9.17, 15) is 13.2 Å². The van der Waals surface area contributed by atoms with Crippen LogP contribution in [-0.2, 0) is 42.6 Å². The second-order valence-electron chi connectivity index (χ2n) is 3.40. The predicted molar refractivity (Wildman–Crippen MR) is 71.3 cm³/mol. The largest absolute Gasteiger partial charge is 0.285 e. The zero-order valence-electron chi connectivity index (χ0n) is 8.84. The molecule has 0 aliphatic carbocycles. The van der Waals surface area contributed by atoms with Crippen LogP contribution in [0.25, 0.3) is 10.9 Å². The minimum atomic E-state index is -4.05. The first-order valence-corrected chi connectivity index (χ1v) is 6.91. The fourth-order valence-corrected chi connectivity index (χ4v) is 2.91. The van der Waals surface area contributed by atoms with E-state index >= 15 is 0 Å². The maximum Gasteiger partial charge on any atom is 0.285 e. The summed E-state index contributed by atoms with van der Waals surface area (Å²) in [6.07, 6.45) is 0. The Morgan fingerprint density at radius 1 is 1.41 bits per heavy atom. The monoisotopic (exact) mass is 435 g/mol. The minimum Gasteiger partial charge on any atom is -0.284 e. The van der Waals surface area contributed by atoms with E-state index in [-0.39, 0.29) is 32.7 Å². The molecular weight excluding hydrogens is 429 g/mol. The van der Waals surface area contributed by atoms with E-state index in [1.807, 2.05) is 0 Å². The number of halogens is 1. The fraction of sp³-hybridized carbons (Fsp3) is 0.111. The van der Waals surface area contributed by atoms with Crippen molar-refractivity contribution < 1.29 is 41.1 Å². The molecule has 4 nitrogen and oxygen atoms in total. The van der Waals surface area contributed by atoms with Crippen LogP contribution in [0, 0.1) is 10.5 Å². The van der Waals surface area contributed by atoms with Crippen LogP contribution >= 0.6 is 22.6 Å². The number of fused-ring (bicyclic) bond motifs is 1. The van der Waals surface area contributed by atoms with Crippen molar-refractivity contribution in [1.82, 2.24) is 3.97 Å². The zero-order chi connectivity index (χ0) is 12.1. The molecule has 2 rings (SSSR count). The van der Waals surface area contributed by atoms with Crippen molar-refractivity contribution in [2.45, 2.75) is 6.92 Å². The fourth-order valence-electron chi connectivity index (χ4n) is 1.62. The first kappa shape index (κ1) is 15.5. The van der Waals surface area contributed by atoms with Gasteiger partial charge in [0.2, 0.25) is 5.56 Å². The summed E-state index contributed by atoms with van der Waals surface area (Å²) in [5, 5.41) is 0.617. The topological polar surface area (TPSA) is 56.1 Å². The second kappa shape index (κ2) is 5.19. The normalized spacial score (nSPS) is 11.4. The summed E-state index contributed by atoms with van der Waals surface area (Å²) in [5.41, 5.74) is 0.132. The van der Waals surface area contributed by atoms with Gasteiger partial charge in [0.05, 0.1) is 0 Å². The molecule has 2 aromatic rings. The van der Waals surface area contributed by atoms with Gasteiger partial charge in [0.1, 0.15) is 0 Å². The summed E-state index contributed by atoms with van der Waals surface area (Å²) >= 11 is 2.09. The van der Waals surface area contributed by atoms with E-state index < -0.39 is 15.4 Å². The first-order chi connectivity index (χ1) is 7.32. The molecule has 0 aliphatic heterocycles. The number of aryl methyl sites for hydroxylation is 1. The summed E-state index contributed by atoms with van der Waals surface area (Å²) in [6, 6.07) is 5.06. The maximum absolute atomic E-state index is 11.7. The molecule has 0 fully saturated rings. The quantitative estimate of drug-likeness (QED) is 0.380. The van der Waals surface area contributed by atoms with Crippen molar-refractivity contribution in [2.75, 3.05) is 0 Å². The number of benzene rings is 1. The zero-order valence-corrected chi connectivity index (χ0v) is 14.7. The van der Waals surface area contributed by atoms with Gasteiger partial charge in [0.25, 0.3) is 7.12 Å². The van der Waals surface area contributed by atoms with Crippen molar-refractivity contribution in [1.29, 1.82) is 0 Å². The van der Waals surface area contributed by atoms with Gasteiger partial charge in [0.15, 0.2) is 9.87 Å². The molecule has 3 radical (unpaired) electrons. The molecular formula is C9H6BINO3SY-. The molecule has 0 bridgehead atoms. The third-order valence-electron chi connectivity index (χ3n) is 2.34. The van der Waals surface area contributed by atoms with Gasteiger partial charge in [0, 0.05) is 32.7 Å². The molecule has 17 heavy (non-hydrogen) atoms. The van der Waals surface area contributed by atoms with Gasteiger partial charge in [-0.2, -0.15) is 5.39 Å². The van der Waals surface area contributed by atoms with E-state index in [1.54, 1.807) is 25.1 Å². The standard InChI is InChI=1S/C9H6BINO3S.Y/c1-5-7-4-6(11)2-3-8(7)12(9(5)13)16(10,14)15;/h2-4H,1H3;/q-1;. The maximum atomic E-state index is 11.7. The van der Waals surface area contributed by atoms with Crippen LogP contribution in [0.1, 0.15) is 5.56 Å². The summed E-state index contributed by atoms with van der Waals surface area (Å²) in [6.45, 7) is 1.59. The number of nitrogens with zero attached hydrogens (tertiary/aromatic N) is 1. The molecule has 85 valence electrons. The van der Waals surface area contributed by atoms with Crippen molar-refractivity contribution >= 4 is 50.5 Å². The molecule has 0 aliphatic rings.